The Morgan fingerprint density at radius 2 is 1.86 bits per heavy atom. The number of aryl methyl sites for hydroxylation is 1. The summed E-state index contributed by atoms with van der Waals surface area (Å²) in [6.45, 7) is 2.62. The molecule has 0 fully saturated rings. The molecule has 0 spiro atoms. The first-order chi connectivity index (χ1) is 10.6. The summed E-state index contributed by atoms with van der Waals surface area (Å²) in [5, 5.41) is 2.71. The number of hydrogen-bond donors (Lipinski definition) is 1. The van der Waals surface area contributed by atoms with Crippen molar-refractivity contribution in [2.24, 2.45) is 0 Å². The molecule has 0 aromatic heterocycles. The lowest BCUT2D eigenvalue weighted by molar-refractivity contribution is 0.0947. The Balaban J connectivity index is 1.82. The summed E-state index contributed by atoms with van der Waals surface area (Å²) in [5.41, 5.74) is 1.49. The van der Waals surface area contributed by atoms with E-state index in [1.165, 1.54) is 24.3 Å². The van der Waals surface area contributed by atoms with Crippen molar-refractivity contribution in [1.29, 1.82) is 0 Å². The minimum absolute atomic E-state index is 0.264. The molecule has 0 aliphatic carbocycles. The minimum atomic E-state index is -0.369. The third kappa shape index (κ3) is 4.22. The quantitative estimate of drug-likeness (QED) is 0.835. The normalized spacial score (nSPS) is 10.1. The molecule has 4 nitrogen and oxygen atoms in total. The molecule has 0 heterocycles. The Bertz CT molecular complexity index is 641. The molecule has 0 bridgehead atoms. The molecule has 1 amide bonds. The maximum absolute atomic E-state index is 12.8. The molecule has 2 rings (SSSR count). The smallest absolute Gasteiger partial charge is 0.251 e. The zero-order chi connectivity index (χ0) is 15.9. The van der Waals surface area contributed by atoms with Crippen LogP contribution in [0.15, 0.2) is 42.5 Å². The first-order valence-corrected chi connectivity index (χ1v) is 6.91. The fourth-order valence-corrected chi connectivity index (χ4v) is 1.92. The summed E-state index contributed by atoms with van der Waals surface area (Å²) in [5.74, 6) is 0.653. The molecular formula is C17H18FNO3. The molecule has 1 N–H and O–H groups in total. The molecule has 0 atom stereocenters. The van der Waals surface area contributed by atoms with Gasteiger partial charge in [-0.2, -0.15) is 0 Å². The van der Waals surface area contributed by atoms with E-state index in [1.807, 2.05) is 25.1 Å². The van der Waals surface area contributed by atoms with Crippen molar-refractivity contribution in [3.8, 4) is 11.5 Å². The van der Waals surface area contributed by atoms with E-state index in [0.29, 0.717) is 30.2 Å². The van der Waals surface area contributed by atoms with Crippen molar-refractivity contribution in [2.45, 2.75) is 6.92 Å². The summed E-state index contributed by atoms with van der Waals surface area (Å²) in [4.78, 5) is 11.8. The molecule has 22 heavy (non-hydrogen) atoms. The van der Waals surface area contributed by atoms with E-state index < -0.39 is 0 Å². The molecule has 5 heteroatoms. The maximum atomic E-state index is 12.8. The van der Waals surface area contributed by atoms with Crippen LogP contribution in [0.1, 0.15) is 15.9 Å². The average molecular weight is 303 g/mol. The monoisotopic (exact) mass is 303 g/mol. The Hall–Kier alpha value is -2.56. The second kappa shape index (κ2) is 7.45. The number of ether oxygens (including phenoxy) is 2. The van der Waals surface area contributed by atoms with Crippen LogP contribution in [0.2, 0.25) is 0 Å². The van der Waals surface area contributed by atoms with Crippen molar-refractivity contribution in [3.05, 3.63) is 59.4 Å². The minimum Gasteiger partial charge on any atom is -0.493 e. The van der Waals surface area contributed by atoms with Crippen molar-refractivity contribution >= 4 is 5.91 Å². The topological polar surface area (TPSA) is 47.6 Å². The predicted octanol–water partition coefficient (Wildman–Crippen LogP) is 2.95. The predicted molar refractivity (Wildman–Crippen MR) is 82.0 cm³/mol. The number of nitrogens with one attached hydrogen (secondary N) is 1. The fourth-order valence-electron chi connectivity index (χ4n) is 1.92. The Kier molecular flexibility index (Phi) is 5.36. The van der Waals surface area contributed by atoms with Crippen LogP contribution in [0.4, 0.5) is 4.39 Å². The van der Waals surface area contributed by atoms with Gasteiger partial charge in [-0.3, -0.25) is 4.79 Å². The van der Waals surface area contributed by atoms with E-state index in [1.54, 1.807) is 7.11 Å². The van der Waals surface area contributed by atoms with Gasteiger partial charge >= 0.3 is 0 Å². The summed E-state index contributed by atoms with van der Waals surface area (Å²) in [6, 6.07) is 11.0. The second-order valence-electron chi connectivity index (χ2n) is 4.77. The highest BCUT2D eigenvalue weighted by Gasteiger charge is 2.06. The van der Waals surface area contributed by atoms with Gasteiger partial charge in [0, 0.05) is 5.56 Å². The lowest BCUT2D eigenvalue weighted by Crippen LogP contribution is -2.28. The van der Waals surface area contributed by atoms with Crippen molar-refractivity contribution in [1.82, 2.24) is 5.32 Å². The summed E-state index contributed by atoms with van der Waals surface area (Å²) in [6.07, 6.45) is 0. The van der Waals surface area contributed by atoms with E-state index in [4.69, 9.17) is 9.47 Å². The molecular weight excluding hydrogens is 285 g/mol. The van der Waals surface area contributed by atoms with Crippen molar-refractivity contribution in [3.63, 3.8) is 0 Å². The highest BCUT2D eigenvalue weighted by atomic mass is 19.1. The number of benzene rings is 2. The third-order valence-corrected chi connectivity index (χ3v) is 3.07. The highest BCUT2D eigenvalue weighted by molar-refractivity contribution is 5.94. The van der Waals surface area contributed by atoms with Crippen LogP contribution in [0.5, 0.6) is 11.5 Å². The third-order valence-electron chi connectivity index (χ3n) is 3.07. The molecule has 0 aliphatic rings. The fraction of sp³-hybridized carbons (Fsp3) is 0.235. The molecule has 0 unspecified atom stereocenters. The van der Waals surface area contributed by atoms with Crippen LogP contribution in [0.25, 0.3) is 0 Å². The van der Waals surface area contributed by atoms with E-state index in [9.17, 15) is 9.18 Å². The van der Waals surface area contributed by atoms with E-state index in [-0.39, 0.29) is 11.7 Å². The number of halogens is 1. The largest absolute Gasteiger partial charge is 0.493 e. The van der Waals surface area contributed by atoms with Gasteiger partial charge in [-0.05, 0) is 48.9 Å². The summed E-state index contributed by atoms with van der Waals surface area (Å²) >= 11 is 0. The number of rotatable bonds is 6. The zero-order valence-corrected chi connectivity index (χ0v) is 12.6. The zero-order valence-electron chi connectivity index (χ0n) is 12.6. The number of amides is 1. The van der Waals surface area contributed by atoms with Gasteiger partial charge in [0.05, 0.1) is 13.7 Å². The molecule has 116 valence electrons. The molecule has 0 saturated heterocycles. The molecule has 2 aromatic carbocycles. The van der Waals surface area contributed by atoms with Crippen LogP contribution < -0.4 is 14.8 Å². The van der Waals surface area contributed by atoms with Crippen LogP contribution in [-0.2, 0) is 0 Å². The van der Waals surface area contributed by atoms with Gasteiger partial charge in [0.15, 0.2) is 11.5 Å². The lowest BCUT2D eigenvalue weighted by atomic mass is 10.2. The molecule has 0 aliphatic heterocycles. The number of carbonyl (C=O) groups excluding carboxylic acids is 1. The maximum Gasteiger partial charge on any atom is 0.251 e. The summed E-state index contributed by atoms with van der Waals surface area (Å²) < 4.78 is 23.6. The van der Waals surface area contributed by atoms with Crippen LogP contribution in [0, 0.1) is 12.7 Å². The first kappa shape index (κ1) is 15.8. The van der Waals surface area contributed by atoms with Gasteiger partial charge < -0.3 is 14.8 Å². The van der Waals surface area contributed by atoms with E-state index in [0.717, 1.165) is 5.56 Å². The second-order valence-corrected chi connectivity index (χ2v) is 4.77. The highest BCUT2D eigenvalue weighted by Crippen LogP contribution is 2.27. The van der Waals surface area contributed by atoms with Crippen LogP contribution in [0.3, 0.4) is 0 Å². The number of carbonyl (C=O) groups is 1. The molecule has 0 radical (unpaired) electrons. The van der Waals surface area contributed by atoms with Gasteiger partial charge in [-0.25, -0.2) is 4.39 Å². The molecule has 2 aromatic rings. The van der Waals surface area contributed by atoms with Gasteiger partial charge in [-0.15, -0.1) is 0 Å². The standard InChI is InChI=1S/C17H18FNO3/c1-12-3-8-15(16(11-12)21-2)22-10-9-19-17(20)13-4-6-14(18)7-5-13/h3-8,11H,9-10H2,1-2H3,(H,19,20). The van der Waals surface area contributed by atoms with Crippen LogP contribution in [-0.4, -0.2) is 26.2 Å². The Morgan fingerprint density at radius 1 is 1.14 bits per heavy atom. The van der Waals surface area contributed by atoms with Crippen LogP contribution >= 0.6 is 0 Å². The summed E-state index contributed by atoms with van der Waals surface area (Å²) in [7, 11) is 1.58. The Morgan fingerprint density at radius 3 is 2.55 bits per heavy atom. The first-order valence-electron chi connectivity index (χ1n) is 6.91. The lowest BCUT2D eigenvalue weighted by Gasteiger charge is -2.11. The van der Waals surface area contributed by atoms with Gasteiger partial charge in [-0.1, -0.05) is 6.07 Å². The number of methoxy groups -OCH3 is 1. The van der Waals surface area contributed by atoms with Gasteiger partial charge in [0.25, 0.3) is 5.91 Å². The Labute approximate surface area is 128 Å². The van der Waals surface area contributed by atoms with Gasteiger partial charge in [0.1, 0.15) is 12.4 Å². The number of hydrogen-bond acceptors (Lipinski definition) is 3. The average Bonchev–Trinajstić information content (AvgIpc) is 2.53. The van der Waals surface area contributed by atoms with Crippen molar-refractivity contribution < 1.29 is 18.7 Å². The van der Waals surface area contributed by atoms with E-state index >= 15 is 0 Å². The van der Waals surface area contributed by atoms with E-state index in [2.05, 4.69) is 5.32 Å². The molecule has 0 saturated carbocycles. The van der Waals surface area contributed by atoms with Crippen molar-refractivity contribution in [2.75, 3.05) is 20.3 Å². The SMILES string of the molecule is COc1cc(C)ccc1OCCNC(=O)c1ccc(F)cc1. The van der Waals surface area contributed by atoms with Gasteiger partial charge in [0.2, 0.25) is 0 Å².